The smallest absolute Gasteiger partial charge is 0.324 e. The van der Waals surface area contributed by atoms with E-state index >= 15 is 0 Å². The molecule has 1 aromatic heterocycles. The summed E-state index contributed by atoms with van der Waals surface area (Å²) in [6.07, 6.45) is 3.66. The maximum Gasteiger partial charge on any atom is 0.324 e. The number of amides is 2. The molecule has 120 valence electrons. The fraction of sp³-hybridized carbons (Fsp3) is 0.714. The van der Waals surface area contributed by atoms with Crippen molar-refractivity contribution in [2.24, 2.45) is 11.8 Å². The van der Waals surface area contributed by atoms with Crippen molar-refractivity contribution in [3.63, 3.8) is 0 Å². The third-order valence-corrected chi connectivity index (χ3v) is 4.28. The molecule has 2 unspecified atom stereocenters. The molecule has 1 fully saturated rings. The number of hydrogen-bond acceptors (Lipinski definition) is 4. The third kappa shape index (κ3) is 3.05. The highest BCUT2D eigenvalue weighted by Crippen LogP contribution is 2.22. The summed E-state index contributed by atoms with van der Waals surface area (Å²) in [7, 11) is 0. The van der Waals surface area contributed by atoms with E-state index in [-0.39, 0.29) is 18.5 Å². The van der Waals surface area contributed by atoms with Crippen molar-refractivity contribution in [1.29, 1.82) is 0 Å². The van der Waals surface area contributed by atoms with Crippen LogP contribution >= 0.6 is 0 Å². The highest BCUT2D eigenvalue weighted by molar-refractivity contribution is 5.88. The summed E-state index contributed by atoms with van der Waals surface area (Å²) in [6, 6.07) is -0.319. The van der Waals surface area contributed by atoms with E-state index < -0.39 is 11.9 Å². The first-order chi connectivity index (χ1) is 10.5. The van der Waals surface area contributed by atoms with E-state index in [0.29, 0.717) is 18.9 Å². The van der Waals surface area contributed by atoms with Gasteiger partial charge in [0.1, 0.15) is 5.82 Å². The largest absolute Gasteiger partial charge is 0.481 e. The minimum absolute atomic E-state index is 0.170. The molecule has 8 nitrogen and oxygen atoms in total. The number of carbonyl (C=O) groups is 2. The summed E-state index contributed by atoms with van der Waals surface area (Å²) < 4.78 is 1.83. The Morgan fingerprint density at radius 2 is 2.14 bits per heavy atom. The minimum Gasteiger partial charge on any atom is -0.481 e. The predicted molar refractivity (Wildman–Crippen MR) is 78.5 cm³/mol. The summed E-state index contributed by atoms with van der Waals surface area (Å²) >= 11 is 0. The lowest BCUT2D eigenvalue weighted by atomic mass is 9.91. The number of carboxylic acids is 1. The zero-order valence-corrected chi connectivity index (χ0v) is 12.7. The molecule has 3 heterocycles. The molecule has 2 amide bonds. The first-order valence-electron chi connectivity index (χ1n) is 7.75. The van der Waals surface area contributed by atoms with Gasteiger partial charge in [-0.2, -0.15) is 4.98 Å². The summed E-state index contributed by atoms with van der Waals surface area (Å²) in [5, 5.41) is 16.2. The Bertz CT molecular complexity index is 562. The van der Waals surface area contributed by atoms with Gasteiger partial charge in [0.05, 0.1) is 5.92 Å². The van der Waals surface area contributed by atoms with Crippen molar-refractivity contribution in [3.8, 4) is 0 Å². The zero-order chi connectivity index (χ0) is 15.7. The molecular weight excluding hydrogens is 286 g/mol. The maximum absolute atomic E-state index is 12.3. The molecule has 2 atom stereocenters. The molecule has 0 radical (unpaired) electrons. The topological polar surface area (TPSA) is 100 Å². The van der Waals surface area contributed by atoms with Crippen LogP contribution in [0.5, 0.6) is 0 Å². The summed E-state index contributed by atoms with van der Waals surface area (Å²) in [5.74, 6) is 0.0327. The number of carboxylic acid groups (broad SMARTS) is 1. The predicted octanol–water partition coefficient (Wildman–Crippen LogP) is 1.19. The van der Waals surface area contributed by atoms with E-state index in [1.54, 1.807) is 4.90 Å². The van der Waals surface area contributed by atoms with E-state index in [4.69, 9.17) is 5.11 Å². The standard InChI is InChI=1S/C14H21N5O3/c1-9-6-10(12(20)21)8-18(7-9)14(22)16-13-15-11-4-2-3-5-19(11)17-13/h9-10H,2-8H2,1H3,(H,20,21)(H,16,17,22). The highest BCUT2D eigenvalue weighted by atomic mass is 16.4. The van der Waals surface area contributed by atoms with E-state index in [0.717, 1.165) is 31.6 Å². The number of urea groups is 1. The lowest BCUT2D eigenvalue weighted by Crippen LogP contribution is -2.47. The quantitative estimate of drug-likeness (QED) is 0.854. The number of fused-ring (bicyclic) bond motifs is 1. The number of aryl methyl sites for hydroxylation is 2. The molecule has 1 saturated heterocycles. The molecule has 2 N–H and O–H groups in total. The molecule has 0 saturated carbocycles. The molecule has 0 aliphatic carbocycles. The number of nitrogens with zero attached hydrogens (tertiary/aromatic N) is 4. The van der Waals surface area contributed by atoms with Gasteiger partial charge in [-0.05, 0) is 25.2 Å². The van der Waals surface area contributed by atoms with Crippen molar-refractivity contribution < 1.29 is 14.7 Å². The van der Waals surface area contributed by atoms with E-state index in [2.05, 4.69) is 15.4 Å². The van der Waals surface area contributed by atoms with Gasteiger partial charge in [-0.15, -0.1) is 5.10 Å². The second kappa shape index (κ2) is 5.94. The van der Waals surface area contributed by atoms with Crippen LogP contribution in [-0.2, 0) is 17.8 Å². The monoisotopic (exact) mass is 307 g/mol. The number of piperidine rings is 1. The highest BCUT2D eigenvalue weighted by Gasteiger charge is 2.32. The Kier molecular flexibility index (Phi) is 4.00. The normalized spacial score (nSPS) is 24.7. The van der Waals surface area contributed by atoms with Crippen molar-refractivity contribution >= 4 is 17.9 Å². The fourth-order valence-electron chi connectivity index (χ4n) is 3.21. The summed E-state index contributed by atoms with van der Waals surface area (Å²) in [6.45, 7) is 3.59. The van der Waals surface area contributed by atoms with Crippen LogP contribution in [0.3, 0.4) is 0 Å². The van der Waals surface area contributed by atoms with E-state index in [9.17, 15) is 9.59 Å². The third-order valence-electron chi connectivity index (χ3n) is 4.28. The van der Waals surface area contributed by atoms with Crippen LogP contribution in [0.2, 0.25) is 0 Å². The number of carbonyl (C=O) groups excluding carboxylic acids is 1. The zero-order valence-electron chi connectivity index (χ0n) is 12.7. The minimum atomic E-state index is -0.847. The van der Waals surface area contributed by atoms with Crippen LogP contribution in [0.15, 0.2) is 0 Å². The van der Waals surface area contributed by atoms with Crippen molar-refractivity contribution in [1.82, 2.24) is 19.7 Å². The maximum atomic E-state index is 12.3. The first kappa shape index (κ1) is 14.8. The van der Waals surface area contributed by atoms with Crippen LogP contribution in [0.25, 0.3) is 0 Å². The Hall–Kier alpha value is -2.12. The van der Waals surface area contributed by atoms with Crippen LogP contribution < -0.4 is 5.32 Å². The lowest BCUT2D eigenvalue weighted by molar-refractivity contribution is -0.143. The van der Waals surface area contributed by atoms with Crippen molar-refractivity contribution in [3.05, 3.63) is 5.82 Å². The lowest BCUT2D eigenvalue weighted by Gasteiger charge is -2.34. The van der Waals surface area contributed by atoms with Gasteiger partial charge in [-0.3, -0.25) is 10.1 Å². The van der Waals surface area contributed by atoms with Crippen LogP contribution in [0.4, 0.5) is 10.7 Å². The van der Waals surface area contributed by atoms with Gasteiger partial charge in [-0.25, -0.2) is 9.48 Å². The molecule has 0 aromatic carbocycles. The van der Waals surface area contributed by atoms with Crippen LogP contribution in [-0.4, -0.2) is 49.9 Å². The fourth-order valence-corrected chi connectivity index (χ4v) is 3.21. The number of anilines is 1. The number of aromatic nitrogens is 3. The molecule has 8 heteroatoms. The molecule has 2 aliphatic rings. The number of nitrogens with one attached hydrogen (secondary N) is 1. The Labute approximate surface area is 128 Å². The molecule has 3 rings (SSSR count). The summed E-state index contributed by atoms with van der Waals surface area (Å²) in [4.78, 5) is 29.4. The van der Waals surface area contributed by atoms with Gasteiger partial charge in [-0.1, -0.05) is 6.92 Å². The molecular formula is C14H21N5O3. The van der Waals surface area contributed by atoms with E-state index in [1.807, 2.05) is 11.6 Å². The van der Waals surface area contributed by atoms with Gasteiger partial charge in [0, 0.05) is 26.1 Å². The van der Waals surface area contributed by atoms with E-state index in [1.165, 1.54) is 0 Å². The second-order valence-electron chi connectivity index (χ2n) is 6.24. The molecule has 2 aliphatic heterocycles. The van der Waals surface area contributed by atoms with Crippen molar-refractivity contribution in [2.45, 2.75) is 39.2 Å². The Morgan fingerprint density at radius 3 is 2.86 bits per heavy atom. The van der Waals surface area contributed by atoms with Gasteiger partial charge < -0.3 is 10.0 Å². The molecule has 1 aromatic rings. The molecule has 0 bridgehead atoms. The Balaban J connectivity index is 1.66. The molecule has 0 spiro atoms. The van der Waals surface area contributed by atoms with Crippen molar-refractivity contribution in [2.75, 3.05) is 18.4 Å². The number of rotatable bonds is 2. The van der Waals surface area contributed by atoms with Crippen LogP contribution in [0, 0.1) is 11.8 Å². The summed E-state index contributed by atoms with van der Waals surface area (Å²) in [5.41, 5.74) is 0. The van der Waals surface area contributed by atoms with Crippen LogP contribution in [0.1, 0.15) is 32.0 Å². The average molecular weight is 307 g/mol. The average Bonchev–Trinajstić information content (AvgIpc) is 2.88. The Morgan fingerprint density at radius 1 is 1.32 bits per heavy atom. The molecule has 22 heavy (non-hydrogen) atoms. The first-order valence-corrected chi connectivity index (χ1v) is 7.75. The SMILES string of the molecule is CC1CC(C(=O)O)CN(C(=O)Nc2nc3n(n2)CCCC3)C1. The van der Waals surface area contributed by atoms with Gasteiger partial charge in [0.15, 0.2) is 0 Å². The second-order valence-corrected chi connectivity index (χ2v) is 6.24. The van der Waals surface area contributed by atoms with Gasteiger partial charge in [0.2, 0.25) is 5.95 Å². The van der Waals surface area contributed by atoms with Gasteiger partial charge >= 0.3 is 12.0 Å². The number of hydrogen-bond donors (Lipinski definition) is 2. The number of aliphatic carboxylic acids is 1. The van der Waals surface area contributed by atoms with Gasteiger partial charge in [0.25, 0.3) is 0 Å². The number of likely N-dealkylation sites (tertiary alicyclic amines) is 1.